The summed E-state index contributed by atoms with van der Waals surface area (Å²) in [5.74, 6) is -1.12. The third kappa shape index (κ3) is 5.60. The molecule has 0 saturated carbocycles. The Kier molecular flexibility index (Phi) is 7.41. The zero-order chi connectivity index (χ0) is 23.4. The van der Waals surface area contributed by atoms with Crippen molar-refractivity contribution in [2.45, 2.75) is 19.4 Å². The summed E-state index contributed by atoms with van der Waals surface area (Å²) in [5.41, 5.74) is 6.49. The number of aromatic nitrogens is 1. The largest absolute Gasteiger partial charge is 0.493 e. The summed E-state index contributed by atoms with van der Waals surface area (Å²) in [6.07, 6.45) is 1.46. The van der Waals surface area contributed by atoms with Gasteiger partial charge in [-0.3, -0.25) is 9.59 Å². The molecule has 0 bridgehead atoms. The number of nitrogens with two attached hydrogens (primary N) is 1. The highest BCUT2D eigenvalue weighted by molar-refractivity contribution is 7.08. The van der Waals surface area contributed by atoms with E-state index in [1.807, 2.05) is 0 Å². The maximum absolute atomic E-state index is 14.4. The lowest BCUT2D eigenvalue weighted by Gasteiger charge is -2.32. The Morgan fingerprint density at radius 1 is 1.30 bits per heavy atom. The Morgan fingerprint density at radius 2 is 2.09 bits per heavy atom. The number of benzene rings is 1. The number of fused-ring (bicyclic) bond motifs is 1. The van der Waals surface area contributed by atoms with Gasteiger partial charge in [0.25, 0.3) is 11.8 Å². The van der Waals surface area contributed by atoms with Crippen molar-refractivity contribution in [1.82, 2.24) is 19.5 Å². The van der Waals surface area contributed by atoms with Crippen LogP contribution in [0.3, 0.4) is 0 Å². The van der Waals surface area contributed by atoms with E-state index in [0.717, 1.165) is 56.2 Å². The summed E-state index contributed by atoms with van der Waals surface area (Å²) in [7, 11) is 2.11. The van der Waals surface area contributed by atoms with Crippen molar-refractivity contribution in [3.63, 3.8) is 0 Å². The number of ether oxygens (including phenoxy) is 2. The number of carbonyl (C=O) groups is 2. The molecule has 1 saturated heterocycles. The van der Waals surface area contributed by atoms with E-state index < -0.39 is 17.6 Å². The lowest BCUT2D eigenvalue weighted by molar-refractivity contribution is 0.0935. The Balaban J connectivity index is 1.33. The molecule has 0 aliphatic carbocycles. The molecule has 178 valence electrons. The number of nitrogens with one attached hydrogen (secondary N) is 1. The molecule has 0 radical (unpaired) electrons. The SMILES string of the molecule is CN1CCN(CCCNC(=O)c2snc(OCc3cc4c(cc3F)CCO4)c2C(N)=O)CC1. The van der Waals surface area contributed by atoms with Crippen LogP contribution in [0.15, 0.2) is 12.1 Å². The van der Waals surface area contributed by atoms with Crippen molar-refractivity contribution in [1.29, 1.82) is 0 Å². The molecule has 1 aromatic carbocycles. The third-order valence-electron chi connectivity index (χ3n) is 5.87. The Hall–Kier alpha value is -2.76. The van der Waals surface area contributed by atoms with E-state index in [2.05, 4.69) is 26.5 Å². The zero-order valence-electron chi connectivity index (χ0n) is 18.6. The fraction of sp³-hybridized carbons (Fsp3) is 0.500. The van der Waals surface area contributed by atoms with Gasteiger partial charge in [-0.25, -0.2) is 4.39 Å². The van der Waals surface area contributed by atoms with Crippen LogP contribution in [0.4, 0.5) is 4.39 Å². The lowest BCUT2D eigenvalue weighted by atomic mass is 10.1. The minimum atomic E-state index is -0.820. The minimum absolute atomic E-state index is 0.0732. The van der Waals surface area contributed by atoms with Gasteiger partial charge in [-0.05, 0) is 43.7 Å². The van der Waals surface area contributed by atoms with Crippen molar-refractivity contribution in [3.8, 4) is 11.6 Å². The van der Waals surface area contributed by atoms with Crippen molar-refractivity contribution < 1.29 is 23.5 Å². The van der Waals surface area contributed by atoms with Crippen LogP contribution < -0.4 is 20.5 Å². The molecule has 9 nitrogen and oxygen atoms in total. The van der Waals surface area contributed by atoms with Crippen LogP contribution in [0.1, 0.15) is 37.6 Å². The Bertz CT molecular complexity index is 1020. The average Bonchev–Trinajstić information content (AvgIpc) is 3.42. The van der Waals surface area contributed by atoms with Gasteiger partial charge in [-0.2, -0.15) is 4.37 Å². The van der Waals surface area contributed by atoms with E-state index >= 15 is 0 Å². The topological polar surface area (TPSA) is 110 Å². The predicted octanol–water partition coefficient (Wildman–Crippen LogP) is 1.26. The summed E-state index contributed by atoms with van der Waals surface area (Å²) in [5, 5.41) is 2.82. The van der Waals surface area contributed by atoms with Crippen molar-refractivity contribution >= 4 is 23.3 Å². The third-order valence-corrected chi connectivity index (χ3v) is 6.70. The molecule has 2 aliphatic rings. The summed E-state index contributed by atoms with van der Waals surface area (Å²) in [6.45, 7) is 5.83. The molecule has 2 aliphatic heterocycles. The summed E-state index contributed by atoms with van der Waals surface area (Å²) < 4.78 is 29.5. The number of rotatable bonds is 9. The zero-order valence-corrected chi connectivity index (χ0v) is 19.4. The second-order valence-electron chi connectivity index (χ2n) is 8.25. The quantitative estimate of drug-likeness (QED) is 0.523. The van der Waals surface area contributed by atoms with Crippen LogP contribution >= 0.6 is 11.5 Å². The van der Waals surface area contributed by atoms with E-state index in [0.29, 0.717) is 25.3 Å². The van der Waals surface area contributed by atoms with Gasteiger partial charge in [0.2, 0.25) is 5.88 Å². The number of halogens is 1. The molecule has 33 heavy (non-hydrogen) atoms. The lowest BCUT2D eigenvalue weighted by Crippen LogP contribution is -2.45. The van der Waals surface area contributed by atoms with Gasteiger partial charge in [0.05, 0.1) is 6.61 Å². The number of likely N-dealkylation sites (N-methyl/N-ethyl adjacent to an activating group) is 1. The molecular formula is C22H28FN5O4S. The highest BCUT2D eigenvalue weighted by atomic mass is 32.1. The van der Waals surface area contributed by atoms with Crippen LogP contribution in [-0.2, 0) is 13.0 Å². The van der Waals surface area contributed by atoms with Gasteiger partial charge in [0.15, 0.2) is 0 Å². The first-order valence-corrected chi connectivity index (χ1v) is 11.7. The number of hydrogen-bond donors (Lipinski definition) is 2. The number of carbonyl (C=O) groups excluding carboxylic acids is 2. The van der Waals surface area contributed by atoms with E-state index in [9.17, 15) is 14.0 Å². The number of amides is 2. The smallest absolute Gasteiger partial charge is 0.263 e. The molecule has 2 aromatic rings. The Labute approximate surface area is 195 Å². The van der Waals surface area contributed by atoms with Crippen LogP contribution in [0.2, 0.25) is 0 Å². The molecule has 4 rings (SSSR count). The van der Waals surface area contributed by atoms with Crippen molar-refractivity contribution in [3.05, 3.63) is 39.5 Å². The van der Waals surface area contributed by atoms with Crippen LogP contribution in [-0.4, -0.2) is 78.9 Å². The van der Waals surface area contributed by atoms with Crippen LogP contribution in [0, 0.1) is 5.82 Å². The second kappa shape index (κ2) is 10.4. The van der Waals surface area contributed by atoms with Crippen LogP contribution in [0.25, 0.3) is 0 Å². The monoisotopic (exact) mass is 477 g/mol. The molecule has 3 heterocycles. The first-order valence-electron chi connectivity index (χ1n) is 11.0. The maximum Gasteiger partial charge on any atom is 0.263 e. The fourth-order valence-corrected chi connectivity index (χ4v) is 4.65. The number of primary amides is 1. The predicted molar refractivity (Wildman–Crippen MR) is 121 cm³/mol. The number of piperazine rings is 1. The molecule has 3 N–H and O–H groups in total. The van der Waals surface area contributed by atoms with E-state index in [1.54, 1.807) is 6.07 Å². The minimum Gasteiger partial charge on any atom is -0.493 e. The van der Waals surface area contributed by atoms with E-state index in [-0.39, 0.29) is 28.5 Å². The molecule has 0 atom stereocenters. The van der Waals surface area contributed by atoms with Crippen LogP contribution in [0.5, 0.6) is 11.6 Å². The highest BCUT2D eigenvalue weighted by Gasteiger charge is 2.26. The molecule has 0 spiro atoms. The van der Waals surface area contributed by atoms with Gasteiger partial charge in [0.1, 0.15) is 28.6 Å². The molecule has 1 fully saturated rings. The molecule has 2 amide bonds. The van der Waals surface area contributed by atoms with Crippen molar-refractivity contribution in [2.24, 2.45) is 5.73 Å². The first-order chi connectivity index (χ1) is 15.9. The second-order valence-corrected chi connectivity index (χ2v) is 9.02. The molecule has 0 unspecified atom stereocenters. The van der Waals surface area contributed by atoms with Gasteiger partial charge < -0.3 is 30.3 Å². The highest BCUT2D eigenvalue weighted by Crippen LogP contribution is 2.30. The van der Waals surface area contributed by atoms with Gasteiger partial charge in [0, 0.05) is 50.3 Å². The maximum atomic E-state index is 14.4. The average molecular weight is 478 g/mol. The molecule has 1 aromatic heterocycles. The first kappa shape index (κ1) is 23.4. The van der Waals surface area contributed by atoms with E-state index in [4.69, 9.17) is 15.2 Å². The number of nitrogens with zero attached hydrogens (tertiary/aromatic N) is 3. The standard InChI is InChI=1S/C22H28FN5O4S/c1-27-6-8-28(9-7-27)5-2-4-25-21(30)19-18(20(24)29)22(26-33-19)32-13-15-12-17-14(3-10-31-17)11-16(15)23/h11-12H,2-10,13H2,1H3,(H2,24,29)(H,25,30). The van der Waals surface area contributed by atoms with Gasteiger partial charge >= 0.3 is 0 Å². The van der Waals surface area contributed by atoms with Gasteiger partial charge in [-0.1, -0.05) is 0 Å². The fourth-order valence-electron chi connectivity index (χ4n) is 3.90. The molecule has 11 heteroatoms. The van der Waals surface area contributed by atoms with Crippen molar-refractivity contribution in [2.75, 3.05) is 52.9 Å². The number of hydrogen-bond acceptors (Lipinski definition) is 8. The normalized spacial score (nSPS) is 16.3. The molecular weight excluding hydrogens is 449 g/mol. The Morgan fingerprint density at radius 3 is 2.85 bits per heavy atom. The summed E-state index contributed by atoms with van der Waals surface area (Å²) >= 11 is 0.836. The summed E-state index contributed by atoms with van der Waals surface area (Å²) in [4.78, 5) is 29.4. The van der Waals surface area contributed by atoms with Gasteiger partial charge in [-0.15, -0.1) is 0 Å². The van der Waals surface area contributed by atoms with E-state index in [1.165, 1.54) is 6.07 Å². The summed E-state index contributed by atoms with van der Waals surface area (Å²) in [6, 6.07) is 3.01.